The predicted octanol–water partition coefficient (Wildman–Crippen LogP) is 4.70. The van der Waals surface area contributed by atoms with Crippen molar-refractivity contribution in [3.8, 4) is 11.1 Å². The summed E-state index contributed by atoms with van der Waals surface area (Å²) in [5.74, 6) is 0. The molecule has 0 fully saturated rings. The molecule has 0 N–H and O–H groups in total. The first-order chi connectivity index (χ1) is 11.4. The van der Waals surface area contributed by atoms with E-state index < -0.39 is 0 Å². The van der Waals surface area contributed by atoms with Crippen LogP contribution in [0.5, 0.6) is 0 Å². The molecular formula is C20H13N3. The molecule has 0 radical (unpaired) electrons. The second kappa shape index (κ2) is 4.65. The van der Waals surface area contributed by atoms with Gasteiger partial charge in [0.25, 0.3) is 0 Å². The lowest BCUT2D eigenvalue weighted by molar-refractivity contribution is 1.27. The van der Waals surface area contributed by atoms with Crippen molar-refractivity contribution in [1.29, 1.82) is 0 Å². The molecule has 3 nitrogen and oxygen atoms in total. The summed E-state index contributed by atoms with van der Waals surface area (Å²) in [5.41, 5.74) is 4.54. The summed E-state index contributed by atoms with van der Waals surface area (Å²) >= 11 is 0. The van der Waals surface area contributed by atoms with Crippen LogP contribution in [-0.4, -0.2) is 14.4 Å². The van der Waals surface area contributed by atoms with Crippen molar-refractivity contribution in [3.63, 3.8) is 0 Å². The van der Waals surface area contributed by atoms with Crippen LogP contribution in [0.2, 0.25) is 0 Å². The van der Waals surface area contributed by atoms with Crippen molar-refractivity contribution in [2.45, 2.75) is 0 Å². The lowest BCUT2D eigenvalue weighted by atomic mass is 9.99. The Balaban J connectivity index is 2.07. The first kappa shape index (κ1) is 12.4. The van der Waals surface area contributed by atoms with Crippen molar-refractivity contribution in [2.75, 3.05) is 0 Å². The van der Waals surface area contributed by atoms with Crippen LogP contribution in [0.1, 0.15) is 0 Å². The molecule has 5 aromatic rings. The molecule has 2 aromatic carbocycles. The monoisotopic (exact) mass is 295 g/mol. The summed E-state index contributed by atoms with van der Waals surface area (Å²) in [6, 6.07) is 19.0. The van der Waals surface area contributed by atoms with Gasteiger partial charge in [-0.15, -0.1) is 0 Å². The van der Waals surface area contributed by atoms with Gasteiger partial charge in [0.1, 0.15) is 5.65 Å². The number of para-hydroxylation sites is 1. The third kappa shape index (κ3) is 1.70. The molecule has 0 spiro atoms. The fourth-order valence-corrected chi connectivity index (χ4v) is 3.38. The van der Waals surface area contributed by atoms with E-state index in [1.54, 1.807) is 0 Å². The van der Waals surface area contributed by atoms with Crippen molar-refractivity contribution in [3.05, 3.63) is 79.4 Å². The average Bonchev–Trinajstić information content (AvgIpc) is 3.12. The second-order valence-electron chi connectivity index (χ2n) is 5.60. The summed E-state index contributed by atoms with van der Waals surface area (Å²) < 4.78 is 2.19. The summed E-state index contributed by atoms with van der Waals surface area (Å²) in [5, 5.41) is 3.65. The second-order valence-corrected chi connectivity index (χ2v) is 5.60. The van der Waals surface area contributed by atoms with Crippen LogP contribution in [0.4, 0.5) is 0 Å². The molecule has 0 amide bonds. The number of hydrogen-bond donors (Lipinski definition) is 0. The van der Waals surface area contributed by atoms with E-state index >= 15 is 0 Å². The minimum absolute atomic E-state index is 0.995. The van der Waals surface area contributed by atoms with Crippen molar-refractivity contribution < 1.29 is 0 Å². The van der Waals surface area contributed by atoms with Crippen LogP contribution < -0.4 is 0 Å². The van der Waals surface area contributed by atoms with Gasteiger partial charge in [-0.25, -0.2) is 4.98 Å². The van der Waals surface area contributed by atoms with Gasteiger partial charge >= 0.3 is 0 Å². The largest absolute Gasteiger partial charge is 0.299 e. The Labute approximate surface area is 132 Å². The highest BCUT2D eigenvalue weighted by atomic mass is 15.0. The van der Waals surface area contributed by atoms with Crippen molar-refractivity contribution in [2.24, 2.45) is 0 Å². The number of rotatable bonds is 1. The molecular weight excluding hydrogens is 282 g/mol. The average molecular weight is 295 g/mol. The fraction of sp³-hybridized carbons (Fsp3) is 0. The summed E-state index contributed by atoms with van der Waals surface area (Å²) in [6.07, 6.45) is 7.57. The predicted molar refractivity (Wildman–Crippen MR) is 93.4 cm³/mol. The van der Waals surface area contributed by atoms with Gasteiger partial charge in [-0.05, 0) is 23.1 Å². The molecule has 3 heteroatoms. The normalized spacial score (nSPS) is 11.5. The maximum Gasteiger partial charge on any atom is 0.145 e. The van der Waals surface area contributed by atoms with Crippen LogP contribution in [0.3, 0.4) is 0 Å². The maximum absolute atomic E-state index is 4.58. The Morgan fingerprint density at radius 2 is 1.48 bits per heavy atom. The zero-order valence-corrected chi connectivity index (χ0v) is 12.3. The van der Waals surface area contributed by atoms with Gasteiger partial charge in [0, 0.05) is 41.1 Å². The van der Waals surface area contributed by atoms with E-state index in [0.717, 1.165) is 11.2 Å². The first-order valence-corrected chi connectivity index (χ1v) is 7.60. The summed E-state index contributed by atoms with van der Waals surface area (Å²) in [7, 11) is 0. The maximum atomic E-state index is 4.58. The van der Waals surface area contributed by atoms with E-state index in [1.807, 2.05) is 36.9 Å². The van der Waals surface area contributed by atoms with E-state index in [2.05, 4.69) is 56.8 Å². The lowest BCUT2D eigenvalue weighted by Gasteiger charge is -2.12. The number of pyridine rings is 2. The highest BCUT2D eigenvalue weighted by Gasteiger charge is 2.12. The molecule has 0 atom stereocenters. The quantitative estimate of drug-likeness (QED) is 0.419. The lowest BCUT2D eigenvalue weighted by Crippen LogP contribution is -1.93. The van der Waals surface area contributed by atoms with Gasteiger partial charge in [0.05, 0.1) is 5.52 Å². The van der Waals surface area contributed by atoms with Crippen LogP contribution >= 0.6 is 0 Å². The van der Waals surface area contributed by atoms with Gasteiger partial charge in [0.15, 0.2) is 0 Å². The number of benzene rings is 2. The molecule has 0 unspecified atom stereocenters. The highest BCUT2D eigenvalue weighted by Crippen LogP contribution is 2.34. The van der Waals surface area contributed by atoms with Crippen LogP contribution in [0.25, 0.3) is 38.4 Å². The minimum atomic E-state index is 0.995. The standard InChI is InChI=1S/C20H13N3/c1-2-5-18-16(4-1)17-7-3-6-15(14-8-10-21-11-9-14)19(17)23-13-12-22-20(18)23/h1-13H. The topological polar surface area (TPSA) is 30.2 Å². The Bertz CT molecular complexity index is 1160. The number of hydrogen-bond acceptors (Lipinski definition) is 2. The van der Waals surface area contributed by atoms with E-state index in [0.29, 0.717) is 0 Å². The Hall–Kier alpha value is -3.20. The smallest absolute Gasteiger partial charge is 0.145 e. The van der Waals surface area contributed by atoms with Crippen molar-refractivity contribution in [1.82, 2.24) is 14.4 Å². The van der Waals surface area contributed by atoms with E-state index in [9.17, 15) is 0 Å². The van der Waals surface area contributed by atoms with Gasteiger partial charge in [0.2, 0.25) is 0 Å². The molecule has 23 heavy (non-hydrogen) atoms. The molecule has 0 aliphatic carbocycles. The Morgan fingerprint density at radius 3 is 2.35 bits per heavy atom. The third-order valence-electron chi connectivity index (χ3n) is 4.37. The van der Waals surface area contributed by atoms with Crippen LogP contribution in [0, 0.1) is 0 Å². The van der Waals surface area contributed by atoms with E-state index in [-0.39, 0.29) is 0 Å². The zero-order valence-electron chi connectivity index (χ0n) is 12.3. The molecule has 0 saturated heterocycles. The third-order valence-corrected chi connectivity index (χ3v) is 4.37. The summed E-state index contributed by atoms with van der Waals surface area (Å²) in [6.45, 7) is 0. The van der Waals surface area contributed by atoms with E-state index in [4.69, 9.17) is 0 Å². The fourth-order valence-electron chi connectivity index (χ4n) is 3.38. The summed E-state index contributed by atoms with van der Waals surface area (Å²) in [4.78, 5) is 8.72. The van der Waals surface area contributed by atoms with Crippen molar-refractivity contribution >= 4 is 27.3 Å². The number of imidazole rings is 1. The Morgan fingerprint density at radius 1 is 0.696 bits per heavy atom. The molecule has 5 rings (SSSR count). The zero-order chi connectivity index (χ0) is 15.2. The van der Waals surface area contributed by atoms with Gasteiger partial charge in [-0.1, -0.05) is 42.5 Å². The SMILES string of the molecule is c1ccc2c(c1)c1cccc(-c3ccncc3)c1n1ccnc21. The first-order valence-electron chi connectivity index (χ1n) is 7.60. The number of nitrogens with zero attached hydrogens (tertiary/aromatic N) is 3. The molecule has 3 heterocycles. The molecule has 0 saturated carbocycles. The van der Waals surface area contributed by atoms with Crippen LogP contribution in [-0.2, 0) is 0 Å². The molecule has 0 aliphatic heterocycles. The van der Waals surface area contributed by atoms with Gasteiger partial charge in [-0.2, -0.15) is 0 Å². The molecule has 3 aromatic heterocycles. The Kier molecular flexibility index (Phi) is 2.50. The van der Waals surface area contributed by atoms with Crippen LogP contribution in [0.15, 0.2) is 79.4 Å². The van der Waals surface area contributed by atoms with Gasteiger partial charge < -0.3 is 0 Å². The van der Waals surface area contributed by atoms with Gasteiger partial charge in [-0.3, -0.25) is 9.38 Å². The molecule has 0 aliphatic rings. The van der Waals surface area contributed by atoms with E-state index in [1.165, 1.54) is 27.2 Å². The highest BCUT2D eigenvalue weighted by molar-refractivity contribution is 6.14. The molecule has 0 bridgehead atoms. The number of fused-ring (bicyclic) bond motifs is 6. The number of aromatic nitrogens is 3. The minimum Gasteiger partial charge on any atom is -0.299 e. The molecule has 108 valence electrons.